The number of rotatable bonds is 5. The van der Waals surface area contributed by atoms with Crippen molar-refractivity contribution in [2.75, 3.05) is 26.4 Å². The summed E-state index contributed by atoms with van der Waals surface area (Å²) in [6.45, 7) is 5.99. The van der Waals surface area contributed by atoms with Gasteiger partial charge in [0.05, 0.1) is 12.2 Å². The van der Waals surface area contributed by atoms with Gasteiger partial charge in [-0.1, -0.05) is 39.0 Å². The minimum atomic E-state index is 0.0587. The fourth-order valence-corrected chi connectivity index (χ4v) is 4.76. The van der Waals surface area contributed by atoms with Gasteiger partial charge < -0.3 is 14.8 Å². The average Bonchev–Trinajstić information content (AvgIpc) is 2.96. The van der Waals surface area contributed by atoms with Gasteiger partial charge in [-0.2, -0.15) is 0 Å². The molecule has 2 heterocycles. The Morgan fingerprint density at radius 3 is 2.71 bits per heavy atom. The molecule has 0 aromatic heterocycles. The lowest BCUT2D eigenvalue weighted by atomic mass is 9.76. The van der Waals surface area contributed by atoms with Crippen LogP contribution in [0.4, 0.5) is 0 Å². The Balaban J connectivity index is 1.59. The van der Waals surface area contributed by atoms with E-state index in [2.05, 4.69) is 12.2 Å². The average molecular weight is 295 g/mol. The second kappa shape index (κ2) is 7.43. The summed E-state index contributed by atoms with van der Waals surface area (Å²) in [6, 6.07) is 0.694. The zero-order chi connectivity index (χ0) is 14.5. The summed E-state index contributed by atoms with van der Waals surface area (Å²) in [5.41, 5.74) is 0.0587. The Kier molecular flexibility index (Phi) is 5.58. The van der Waals surface area contributed by atoms with Gasteiger partial charge in [0.15, 0.2) is 0 Å². The molecule has 3 heteroatoms. The molecule has 122 valence electrons. The van der Waals surface area contributed by atoms with Crippen LogP contribution in [-0.2, 0) is 9.47 Å². The summed E-state index contributed by atoms with van der Waals surface area (Å²) < 4.78 is 11.8. The van der Waals surface area contributed by atoms with Crippen molar-refractivity contribution in [3.63, 3.8) is 0 Å². The van der Waals surface area contributed by atoms with Crippen molar-refractivity contribution < 1.29 is 9.47 Å². The topological polar surface area (TPSA) is 30.5 Å². The Bertz CT molecular complexity index is 308. The fraction of sp³-hybridized carbons (Fsp3) is 1.00. The first kappa shape index (κ1) is 15.8. The van der Waals surface area contributed by atoms with E-state index < -0.39 is 0 Å². The smallest absolute Gasteiger partial charge is 0.0939 e. The minimum Gasteiger partial charge on any atom is -0.378 e. The molecule has 2 saturated heterocycles. The maximum atomic E-state index is 6.12. The first-order chi connectivity index (χ1) is 10.3. The van der Waals surface area contributed by atoms with Gasteiger partial charge in [-0.05, 0) is 37.6 Å². The highest BCUT2D eigenvalue weighted by Gasteiger charge is 2.43. The molecule has 3 rings (SSSR count). The van der Waals surface area contributed by atoms with Crippen LogP contribution < -0.4 is 5.32 Å². The van der Waals surface area contributed by atoms with E-state index in [-0.39, 0.29) is 5.60 Å². The van der Waals surface area contributed by atoms with Gasteiger partial charge in [-0.25, -0.2) is 0 Å². The molecule has 3 aliphatic rings. The molecule has 1 N–H and O–H groups in total. The van der Waals surface area contributed by atoms with E-state index in [9.17, 15) is 0 Å². The molecule has 3 nitrogen and oxygen atoms in total. The lowest BCUT2D eigenvalue weighted by Gasteiger charge is -2.41. The Labute approximate surface area is 130 Å². The number of hydrogen-bond donors (Lipinski definition) is 1. The van der Waals surface area contributed by atoms with Crippen LogP contribution in [0.3, 0.4) is 0 Å². The lowest BCUT2D eigenvalue weighted by Crippen LogP contribution is -2.48. The van der Waals surface area contributed by atoms with Gasteiger partial charge in [0.1, 0.15) is 0 Å². The second-order valence-electron chi connectivity index (χ2n) is 7.49. The largest absolute Gasteiger partial charge is 0.378 e. The summed E-state index contributed by atoms with van der Waals surface area (Å²) in [6.07, 6.45) is 12.2. The maximum absolute atomic E-state index is 6.12. The zero-order valence-corrected chi connectivity index (χ0v) is 13.7. The van der Waals surface area contributed by atoms with E-state index in [1.54, 1.807) is 0 Å². The van der Waals surface area contributed by atoms with Crippen LogP contribution in [0.15, 0.2) is 0 Å². The molecule has 3 fully saturated rings. The van der Waals surface area contributed by atoms with Gasteiger partial charge in [0.25, 0.3) is 0 Å². The van der Waals surface area contributed by atoms with Gasteiger partial charge >= 0.3 is 0 Å². The highest BCUT2D eigenvalue weighted by atomic mass is 16.6. The Morgan fingerprint density at radius 1 is 1.14 bits per heavy atom. The maximum Gasteiger partial charge on any atom is 0.0939 e. The van der Waals surface area contributed by atoms with Crippen molar-refractivity contribution in [2.24, 2.45) is 11.8 Å². The number of ether oxygens (including phenoxy) is 2. The summed E-state index contributed by atoms with van der Waals surface area (Å²) >= 11 is 0. The number of nitrogens with one attached hydrogen (secondary N) is 1. The molecule has 3 atom stereocenters. The van der Waals surface area contributed by atoms with Crippen LogP contribution in [0.5, 0.6) is 0 Å². The van der Waals surface area contributed by atoms with Crippen molar-refractivity contribution >= 4 is 0 Å². The van der Waals surface area contributed by atoms with Crippen molar-refractivity contribution in [3.05, 3.63) is 0 Å². The molecule has 1 spiro atoms. The summed E-state index contributed by atoms with van der Waals surface area (Å²) in [5.74, 6) is 1.74. The second-order valence-corrected chi connectivity index (χ2v) is 7.49. The standard InChI is InChI=1S/C18H33NO2/c1-2-19-17(12-15-6-4-3-5-7-15)16-8-10-21-18(13-16)9-11-20-14-18/h15-17,19H,2-14H2,1H3. The van der Waals surface area contributed by atoms with Gasteiger partial charge in [-0.3, -0.25) is 0 Å². The molecule has 0 amide bonds. The van der Waals surface area contributed by atoms with Crippen LogP contribution in [0.2, 0.25) is 0 Å². The minimum absolute atomic E-state index is 0.0587. The van der Waals surface area contributed by atoms with Crippen molar-refractivity contribution in [2.45, 2.75) is 76.4 Å². The highest BCUT2D eigenvalue weighted by Crippen LogP contribution is 2.39. The molecular weight excluding hydrogens is 262 g/mol. The van der Waals surface area contributed by atoms with E-state index in [1.165, 1.54) is 51.4 Å². The Morgan fingerprint density at radius 2 is 2.00 bits per heavy atom. The van der Waals surface area contributed by atoms with Crippen molar-refractivity contribution in [3.8, 4) is 0 Å². The first-order valence-electron chi connectivity index (χ1n) is 9.26. The van der Waals surface area contributed by atoms with Crippen LogP contribution >= 0.6 is 0 Å². The third kappa shape index (κ3) is 4.00. The lowest BCUT2D eigenvalue weighted by molar-refractivity contribution is -0.104. The van der Waals surface area contributed by atoms with Gasteiger partial charge in [0.2, 0.25) is 0 Å². The van der Waals surface area contributed by atoms with Crippen molar-refractivity contribution in [1.29, 1.82) is 0 Å². The summed E-state index contributed by atoms with van der Waals surface area (Å²) in [5, 5.41) is 3.81. The third-order valence-corrected chi connectivity index (χ3v) is 5.95. The number of hydrogen-bond acceptors (Lipinski definition) is 3. The SMILES string of the molecule is CCNC(CC1CCCCC1)C1CCOC2(CCOC2)C1. The van der Waals surface area contributed by atoms with E-state index in [0.717, 1.165) is 44.6 Å². The normalized spacial score (nSPS) is 36.1. The predicted molar refractivity (Wildman–Crippen MR) is 85.5 cm³/mol. The zero-order valence-electron chi connectivity index (χ0n) is 13.7. The van der Waals surface area contributed by atoms with Crippen molar-refractivity contribution in [1.82, 2.24) is 5.32 Å². The molecular formula is C18H33NO2. The molecule has 3 unspecified atom stereocenters. The van der Waals surface area contributed by atoms with E-state index >= 15 is 0 Å². The molecule has 1 aliphatic carbocycles. The molecule has 0 aromatic carbocycles. The van der Waals surface area contributed by atoms with Gasteiger partial charge in [0, 0.05) is 25.7 Å². The molecule has 2 aliphatic heterocycles. The van der Waals surface area contributed by atoms with Crippen LogP contribution in [-0.4, -0.2) is 38.0 Å². The molecule has 21 heavy (non-hydrogen) atoms. The Hall–Kier alpha value is -0.120. The first-order valence-corrected chi connectivity index (χ1v) is 9.26. The monoisotopic (exact) mass is 295 g/mol. The highest BCUT2D eigenvalue weighted by molar-refractivity contribution is 4.94. The van der Waals surface area contributed by atoms with Crippen LogP contribution in [0, 0.1) is 11.8 Å². The van der Waals surface area contributed by atoms with E-state index in [1.807, 2.05) is 0 Å². The third-order valence-electron chi connectivity index (χ3n) is 5.95. The molecule has 1 saturated carbocycles. The van der Waals surface area contributed by atoms with E-state index in [4.69, 9.17) is 9.47 Å². The van der Waals surface area contributed by atoms with E-state index in [0.29, 0.717) is 6.04 Å². The molecule has 0 aromatic rings. The van der Waals surface area contributed by atoms with Gasteiger partial charge in [-0.15, -0.1) is 0 Å². The predicted octanol–water partition coefficient (Wildman–Crippen LogP) is 3.52. The summed E-state index contributed by atoms with van der Waals surface area (Å²) in [4.78, 5) is 0. The fourth-order valence-electron chi connectivity index (χ4n) is 4.76. The molecule has 0 bridgehead atoms. The van der Waals surface area contributed by atoms with Crippen LogP contribution in [0.25, 0.3) is 0 Å². The van der Waals surface area contributed by atoms with Crippen LogP contribution in [0.1, 0.15) is 64.7 Å². The summed E-state index contributed by atoms with van der Waals surface area (Å²) in [7, 11) is 0. The molecule has 0 radical (unpaired) electrons. The quantitative estimate of drug-likeness (QED) is 0.842.